The average molecular weight is 483 g/mol. The molecule has 0 amide bonds. The van der Waals surface area contributed by atoms with Crippen LogP contribution in [-0.4, -0.2) is 26.0 Å². The smallest absolute Gasteiger partial charge is 0.335 e. The summed E-state index contributed by atoms with van der Waals surface area (Å²) in [5, 5.41) is 32.2. The second kappa shape index (κ2) is 8.96. The quantitative estimate of drug-likeness (QED) is 0.299. The largest absolute Gasteiger partial charge is 0.505 e. The van der Waals surface area contributed by atoms with Crippen molar-refractivity contribution >= 4 is 17.3 Å². The predicted molar refractivity (Wildman–Crippen MR) is 137 cm³/mol. The van der Waals surface area contributed by atoms with E-state index in [9.17, 15) is 19.8 Å². The summed E-state index contributed by atoms with van der Waals surface area (Å²) in [6, 6.07) is 14.1. The Kier molecular flexibility index (Phi) is 5.80. The first-order valence-corrected chi connectivity index (χ1v) is 11.8. The third-order valence-electron chi connectivity index (χ3n) is 6.80. The number of aromatic hydroxyl groups is 1. The molecule has 0 saturated heterocycles. The van der Waals surface area contributed by atoms with Gasteiger partial charge >= 0.3 is 5.97 Å². The minimum atomic E-state index is -1.04. The molecule has 36 heavy (non-hydrogen) atoms. The summed E-state index contributed by atoms with van der Waals surface area (Å²) < 4.78 is 1.43. The van der Waals surface area contributed by atoms with Crippen molar-refractivity contribution in [2.24, 2.45) is 10.2 Å². The molecule has 3 aromatic carbocycles. The van der Waals surface area contributed by atoms with Crippen molar-refractivity contribution in [1.82, 2.24) is 9.78 Å². The summed E-state index contributed by atoms with van der Waals surface area (Å²) in [5.74, 6) is -1.11. The van der Waals surface area contributed by atoms with Gasteiger partial charge in [-0.05, 0) is 98.2 Å². The first-order chi connectivity index (χ1) is 17.2. The fourth-order valence-corrected chi connectivity index (χ4v) is 4.72. The van der Waals surface area contributed by atoms with Crippen molar-refractivity contribution in [3.05, 3.63) is 92.4 Å². The number of carboxylic acid groups (broad SMARTS) is 1. The number of aromatic amines is 1. The number of phenols is 1. The third-order valence-corrected chi connectivity index (χ3v) is 6.80. The van der Waals surface area contributed by atoms with Crippen LogP contribution in [0.25, 0.3) is 16.8 Å². The molecule has 0 saturated carbocycles. The lowest BCUT2D eigenvalue weighted by atomic mass is 9.94. The van der Waals surface area contributed by atoms with E-state index >= 15 is 0 Å². The lowest BCUT2D eigenvalue weighted by Crippen LogP contribution is -2.14. The first-order valence-electron chi connectivity index (χ1n) is 11.8. The number of hydrogen-bond donors (Lipinski definition) is 3. The second-order valence-corrected chi connectivity index (χ2v) is 9.19. The van der Waals surface area contributed by atoms with Gasteiger partial charge in [-0.1, -0.05) is 18.2 Å². The molecule has 8 nitrogen and oxygen atoms in total. The van der Waals surface area contributed by atoms with Crippen molar-refractivity contribution in [2.45, 2.75) is 40.0 Å². The highest BCUT2D eigenvalue weighted by Gasteiger charge is 2.23. The third kappa shape index (κ3) is 4.00. The zero-order valence-electron chi connectivity index (χ0n) is 20.3. The summed E-state index contributed by atoms with van der Waals surface area (Å²) in [6.07, 6.45) is 2.54. The van der Waals surface area contributed by atoms with Gasteiger partial charge in [-0.2, -0.15) is 0 Å². The molecule has 182 valence electrons. The van der Waals surface area contributed by atoms with Crippen LogP contribution in [0.15, 0.2) is 63.6 Å². The minimum absolute atomic E-state index is 0.0791. The van der Waals surface area contributed by atoms with Gasteiger partial charge in [0.25, 0.3) is 5.56 Å². The van der Waals surface area contributed by atoms with Crippen molar-refractivity contribution in [2.75, 3.05) is 0 Å². The van der Waals surface area contributed by atoms with Crippen LogP contribution in [0.1, 0.15) is 44.7 Å². The summed E-state index contributed by atoms with van der Waals surface area (Å²) in [6.45, 7) is 5.75. The van der Waals surface area contributed by atoms with Gasteiger partial charge in [0.05, 0.1) is 16.9 Å². The van der Waals surface area contributed by atoms with Gasteiger partial charge in [-0.15, -0.1) is 10.2 Å². The Morgan fingerprint density at radius 2 is 1.81 bits per heavy atom. The van der Waals surface area contributed by atoms with E-state index in [1.807, 2.05) is 32.0 Å². The Morgan fingerprint density at radius 3 is 2.56 bits per heavy atom. The maximum atomic E-state index is 13.1. The Bertz CT molecular complexity index is 1610. The molecule has 0 fully saturated rings. The summed E-state index contributed by atoms with van der Waals surface area (Å²) in [7, 11) is 0. The molecule has 0 atom stereocenters. The van der Waals surface area contributed by atoms with E-state index in [2.05, 4.69) is 15.3 Å². The van der Waals surface area contributed by atoms with Crippen molar-refractivity contribution < 1.29 is 15.0 Å². The molecule has 1 aliphatic rings. The molecular formula is C28H26N4O4. The average Bonchev–Trinajstić information content (AvgIpc) is 3.43. The van der Waals surface area contributed by atoms with Crippen LogP contribution in [0.2, 0.25) is 0 Å². The summed E-state index contributed by atoms with van der Waals surface area (Å²) in [5.41, 5.74) is 6.86. The highest BCUT2D eigenvalue weighted by atomic mass is 16.4. The monoisotopic (exact) mass is 482 g/mol. The van der Waals surface area contributed by atoms with Gasteiger partial charge in [0.15, 0.2) is 11.4 Å². The maximum absolute atomic E-state index is 13.1. The van der Waals surface area contributed by atoms with Crippen molar-refractivity contribution in [3.8, 4) is 22.6 Å². The molecule has 0 unspecified atom stereocenters. The Hall–Kier alpha value is -4.46. The molecular weight excluding hydrogens is 456 g/mol. The molecule has 0 aliphatic heterocycles. The number of phenolic OH excluding ortho intramolecular Hbond substituents is 1. The molecule has 3 N–H and O–H groups in total. The van der Waals surface area contributed by atoms with E-state index < -0.39 is 5.97 Å². The number of aryl methyl sites for hydroxylation is 4. The van der Waals surface area contributed by atoms with E-state index in [0.717, 1.165) is 41.5 Å². The van der Waals surface area contributed by atoms with Gasteiger partial charge in [0.2, 0.25) is 0 Å². The number of aromatic nitrogens is 2. The minimum Gasteiger partial charge on any atom is -0.505 e. The SMILES string of the molecule is Cc1ccc(-n2[nH]c(C)c(N=Nc3cc4c(c(-c5cccc(C(=O)O)c5)c3O)CCC4)c2=O)cc1C. The Morgan fingerprint density at radius 1 is 1.00 bits per heavy atom. The van der Waals surface area contributed by atoms with Crippen LogP contribution in [0, 0.1) is 20.8 Å². The summed E-state index contributed by atoms with van der Waals surface area (Å²) in [4.78, 5) is 24.6. The fraction of sp³-hybridized carbons (Fsp3) is 0.214. The molecule has 8 heteroatoms. The molecule has 1 heterocycles. The number of azo groups is 1. The zero-order chi connectivity index (χ0) is 25.6. The van der Waals surface area contributed by atoms with Crippen LogP contribution < -0.4 is 5.56 Å². The number of nitrogens with one attached hydrogen (secondary N) is 1. The number of carboxylic acids is 1. The van der Waals surface area contributed by atoms with Crippen LogP contribution in [0.4, 0.5) is 11.4 Å². The lowest BCUT2D eigenvalue weighted by molar-refractivity contribution is 0.0697. The van der Waals surface area contributed by atoms with E-state index in [4.69, 9.17) is 0 Å². The van der Waals surface area contributed by atoms with E-state index in [1.165, 1.54) is 10.7 Å². The number of aromatic carboxylic acids is 1. The molecule has 1 aromatic heterocycles. The van der Waals surface area contributed by atoms with Crippen molar-refractivity contribution in [3.63, 3.8) is 0 Å². The zero-order valence-corrected chi connectivity index (χ0v) is 20.3. The standard InChI is InChI=1S/C28H26N4O4/c1-15-10-11-21(12-16(15)2)32-27(34)25(17(3)31-32)30-29-23-14-18-6-5-9-22(18)24(26(23)33)19-7-4-8-20(13-19)28(35)36/h4,7-8,10-14,31,33H,5-6,9H2,1-3H3,(H,35,36). The van der Waals surface area contributed by atoms with Crippen LogP contribution in [-0.2, 0) is 12.8 Å². The van der Waals surface area contributed by atoms with Gasteiger partial charge in [-0.3, -0.25) is 9.89 Å². The number of rotatable bonds is 5. The molecule has 0 spiro atoms. The highest BCUT2D eigenvalue weighted by molar-refractivity contribution is 5.91. The second-order valence-electron chi connectivity index (χ2n) is 9.19. The molecule has 1 aliphatic carbocycles. The van der Waals surface area contributed by atoms with Crippen LogP contribution in [0.3, 0.4) is 0 Å². The number of carbonyl (C=O) groups is 1. The fourth-order valence-electron chi connectivity index (χ4n) is 4.72. The van der Waals surface area contributed by atoms with Crippen molar-refractivity contribution in [1.29, 1.82) is 0 Å². The van der Waals surface area contributed by atoms with Gasteiger partial charge < -0.3 is 10.2 Å². The molecule has 0 bridgehead atoms. The van der Waals surface area contributed by atoms with Crippen LogP contribution in [0.5, 0.6) is 5.75 Å². The number of benzene rings is 3. The molecule has 0 radical (unpaired) electrons. The highest BCUT2D eigenvalue weighted by Crippen LogP contribution is 2.45. The molecule has 4 aromatic rings. The lowest BCUT2D eigenvalue weighted by Gasteiger charge is -2.14. The Labute approximate surface area is 207 Å². The molecule has 5 rings (SSSR count). The Balaban J connectivity index is 1.59. The number of nitrogens with zero attached hydrogens (tertiary/aromatic N) is 3. The number of H-pyrrole nitrogens is 1. The number of hydrogen-bond acceptors (Lipinski definition) is 5. The van der Waals surface area contributed by atoms with E-state index in [-0.39, 0.29) is 28.2 Å². The van der Waals surface area contributed by atoms with E-state index in [0.29, 0.717) is 22.5 Å². The van der Waals surface area contributed by atoms with Gasteiger partial charge in [-0.25, -0.2) is 9.48 Å². The maximum Gasteiger partial charge on any atom is 0.335 e. The van der Waals surface area contributed by atoms with Gasteiger partial charge in [0.1, 0.15) is 5.69 Å². The normalized spacial score (nSPS) is 12.9. The van der Waals surface area contributed by atoms with Crippen LogP contribution >= 0.6 is 0 Å². The topological polar surface area (TPSA) is 120 Å². The number of fused-ring (bicyclic) bond motifs is 1. The first kappa shape index (κ1) is 23.3. The predicted octanol–water partition coefficient (Wildman–Crippen LogP) is 6.07. The summed E-state index contributed by atoms with van der Waals surface area (Å²) >= 11 is 0. The van der Waals surface area contributed by atoms with Gasteiger partial charge in [0, 0.05) is 5.56 Å². The van der Waals surface area contributed by atoms with E-state index in [1.54, 1.807) is 31.2 Å².